The molecule has 4 aliphatic rings. The van der Waals surface area contributed by atoms with Gasteiger partial charge in [-0.15, -0.1) is 0 Å². The van der Waals surface area contributed by atoms with Crippen molar-refractivity contribution < 1.29 is 19.0 Å². The van der Waals surface area contributed by atoms with Crippen molar-refractivity contribution in [2.45, 2.75) is 24.9 Å². The summed E-state index contributed by atoms with van der Waals surface area (Å²) in [6, 6.07) is 6.38. The van der Waals surface area contributed by atoms with E-state index in [9.17, 15) is 4.79 Å². The van der Waals surface area contributed by atoms with Crippen LogP contribution in [0, 0.1) is 5.92 Å². The Kier molecular flexibility index (Phi) is 3.82. The van der Waals surface area contributed by atoms with Crippen LogP contribution in [0.25, 0.3) is 0 Å². The Labute approximate surface area is 147 Å². The summed E-state index contributed by atoms with van der Waals surface area (Å²) in [5.41, 5.74) is 0.674. The van der Waals surface area contributed by atoms with Gasteiger partial charge in [-0.05, 0) is 37.0 Å². The number of carbonyl (C=O) groups excluding carboxylic acids is 1. The Morgan fingerprint density at radius 1 is 1.04 bits per heavy atom. The summed E-state index contributed by atoms with van der Waals surface area (Å²) in [4.78, 5) is 17.5. The monoisotopic (exact) mass is 344 g/mol. The van der Waals surface area contributed by atoms with Gasteiger partial charge in [0.25, 0.3) is 5.91 Å². The van der Waals surface area contributed by atoms with E-state index >= 15 is 0 Å². The van der Waals surface area contributed by atoms with Gasteiger partial charge in [-0.25, -0.2) is 0 Å². The predicted molar refractivity (Wildman–Crippen MR) is 91.2 cm³/mol. The van der Waals surface area contributed by atoms with E-state index in [-0.39, 0.29) is 5.91 Å². The zero-order chi connectivity index (χ0) is 16.8. The number of ether oxygens (including phenoxy) is 3. The predicted octanol–water partition coefficient (Wildman–Crippen LogP) is 1.39. The first-order valence-electron chi connectivity index (χ1n) is 9.32. The van der Waals surface area contributed by atoms with Gasteiger partial charge in [0.15, 0.2) is 11.5 Å². The first kappa shape index (κ1) is 15.5. The van der Waals surface area contributed by atoms with Gasteiger partial charge in [-0.2, -0.15) is 0 Å². The van der Waals surface area contributed by atoms with Crippen molar-refractivity contribution in [2.75, 3.05) is 46.1 Å². The van der Waals surface area contributed by atoms with Crippen molar-refractivity contribution >= 4 is 5.91 Å². The van der Waals surface area contributed by atoms with Gasteiger partial charge >= 0.3 is 0 Å². The molecule has 1 aromatic rings. The molecule has 5 rings (SSSR count). The van der Waals surface area contributed by atoms with E-state index in [1.807, 2.05) is 23.1 Å². The smallest absolute Gasteiger partial charge is 0.254 e. The summed E-state index contributed by atoms with van der Waals surface area (Å²) < 4.78 is 17.0. The van der Waals surface area contributed by atoms with Crippen LogP contribution in [0.15, 0.2) is 18.2 Å². The number of fused-ring (bicyclic) bond motifs is 2. The van der Waals surface area contributed by atoms with Crippen molar-refractivity contribution in [3.8, 4) is 11.5 Å². The maximum absolute atomic E-state index is 13.0. The number of amides is 1. The van der Waals surface area contributed by atoms with Crippen LogP contribution in [0.4, 0.5) is 0 Å². The van der Waals surface area contributed by atoms with E-state index in [2.05, 4.69) is 4.90 Å². The number of carbonyl (C=O) groups is 1. The third-order valence-electron chi connectivity index (χ3n) is 5.80. The van der Waals surface area contributed by atoms with Gasteiger partial charge in [0.05, 0.1) is 19.3 Å². The van der Waals surface area contributed by atoms with Crippen molar-refractivity contribution in [1.29, 1.82) is 0 Å². The first-order chi connectivity index (χ1) is 12.3. The molecule has 25 heavy (non-hydrogen) atoms. The minimum absolute atomic E-state index is 0.0742. The van der Waals surface area contributed by atoms with E-state index in [0.29, 0.717) is 36.6 Å². The highest BCUT2D eigenvalue weighted by molar-refractivity contribution is 5.95. The molecular formula is C19H24N2O4. The second-order valence-corrected chi connectivity index (χ2v) is 7.44. The molecule has 2 atom stereocenters. The summed E-state index contributed by atoms with van der Waals surface area (Å²) in [6.45, 7) is 5.16. The van der Waals surface area contributed by atoms with Crippen molar-refractivity contribution in [3.63, 3.8) is 0 Å². The largest absolute Gasteiger partial charge is 0.486 e. The molecular weight excluding hydrogens is 320 g/mol. The lowest BCUT2D eigenvalue weighted by atomic mass is 10.0. The lowest BCUT2D eigenvalue weighted by Gasteiger charge is -2.48. The summed E-state index contributed by atoms with van der Waals surface area (Å²) in [5, 5.41) is 0. The van der Waals surface area contributed by atoms with Crippen molar-refractivity contribution in [1.82, 2.24) is 9.80 Å². The van der Waals surface area contributed by atoms with Crippen LogP contribution >= 0.6 is 0 Å². The number of hydrogen-bond donors (Lipinski definition) is 0. The van der Waals surface area contributed by atoms with Gasteiger partial charge in [-0.1, -0.05) is 0 Å². The van der Waals surface area contributed by atoms with Crippen LogP contribution < -0.4 is 9.47 Å². The quantitative estimate of drug-likeness (QED) is 0.812. The Bertz CT molecular complexity index is 675. The van der Waals surface area contributed by atoms with Crippen LogP contribution in [-0.2, 0) is 4.74 Å². The third kappa shape index (κ3) is 2.87. The molecule has 1 aliphatic carbocycles. The topological polar surface area (TPSA) is 51.2 Å². The van der Waals surface area contributed by atoms with Crippen LogP contribution in [0.1, 0.15) is 23.2 Å². The summed E-state index contributed by atoms with van der Waals surface area (Å²) >= 11 is 0. The standard InChI is InChI=1S/C19H24N2O4/c22-19(14-3-4-17-18(9-14)25-8-7-24-17)20-5-6-21-15(10-20)11-23-12-16(21)13-1-2-13/h3-4,9,13,15-16H,1-2,5-8,10-12H2/t15-,16-/m1/s1. The minimum Gasteiger partial charge on any atom is -0.486 e. The molecule has 0 radical (unpaired) electrons. The molecule has 6 heteroatoms. The Balaban J connectivity index is 1.30. The number of nitrogens with zero attached hydrogens (tertiary/aromatic N) is 2. The number of rotatable bonds is 2. The molecule has 1 saturated carbocycles. The lowest BCUT2D eigenvalue weighted by Crippen LogP contribution is -2.63. The van der Waals surface area contributed by atoms with Crippen LogP contribution in [0.3, 0.4) is 0 Å². The molecule has 0 aromatic heterocycles. The van der Waals surface area contributed by atoms with Crippen LogP contribution in [0.2, 0.25) is 0 Å². The highest BCUT2D eigenvalue weighted by atomic mass is 16.6. The van der Waals surface area contributed by atoms with Gasteiger partial charge < -0.3 is 19.1 Å². The van der Waals surface area contributed by atoms with Gasteiger partial charge in [0.2, 0.25) is 0 Å². The molecule has 1 amide bonds. The molecule has 1 aromatic carbocycles. The van der Waals surface area contributed by atoms with E-state index in [1.54, 1.807) is 0 Å². The number of morpholine rings is 1. The maximum atomic E-state index is 13.0. The van der Waals surface area contributed by atoms with Gasteiger partial charge in [0, 0.05) is 31.2 Å². The van der Waals surface area contributed by atoms with E-state index < -0.39 is 0 Å². The van der Waals surface area contributed by atoms with Crippen LogP contribution in [-0.4, -0.2) is 73.9 Å². The second kappa shape index (κ2) is 6.18. The highest BCUT2D eigenvalue weighted by Gasteiger charge is 2.43. The average Bonchev–Trinajstić information content (AvgIpc) is 3.51. The van der Waals surface area contributed by atoms with Gasteiger partial charge in [-0.3, -0.25) is 9.69 Å². The molecule has 3 fully saturated rings. The number of piperazine rings is 1. The molecule has 0 bridgehead atoms. The summed E-state index contributed by atoms with van der Waals surface area (Å²) in [5.74, 6) is 2.28. The van der Waals surface area contributed by atoms with Crippen LogP contribution in [0.5, 0.6) is 11.5 Å². The zero-order valence-electron chi connectivity index (χ0n) is 14.4. The normalized spacial score (nSPS) is 29.2. The SMILES string of the molecule is O=C(c1ccc2c(c1)OCCO2)N1CCN2[C@@H](COC[C@@H]2C2CC2)C1. The maximum Gasteiger partial charge on any atom is 0.254 e. The molecule has 0 spiro atoms. The molecule has 6 nitrogen and oxygen atoms in total. The fraction of sp³-hybridized carbons (Fsp3) is 0.632. The van der Waals surface area contributed by atoms with E-state index in [0.717, 1.165) is 44.5 Å². The zero-order valence-corrected chi connectivity index (χ0v) is 14.4. The average molecular weight is 344 g/mol. The Hall–Kier alpha value is -1.79. The molecule has 0 N–H and O–H groups in total. The Morgan fingerprint density at radius 2 is 1.88 bits per heavy atom. The van der Waals surface area contributed by atoms with Crippen molar-refractivity contribution in [3.05, 3.63) is 23.8 Å². The third-order valence-corrected chi connectivity index (χ3v) is 5.80. The summed E-state index contributed by atoms with van der Waals surface area (Å²) in [7, 11) is 0. The van der Waals surface area contributed by atoms with E-state index in [4.69, 9.17) is 14.2 Å². The molecule has 3 aliphatic heterocycles. The number of hydrogen-bond acceptors (Lipinski definition) is 5. The molecule has 3 heterocycles. The fourth-order valence-electron chi connectivity index (χ4n) is 4.31. The molecule has 2 saturated heterocycles. The Morgan fingerprint density at radius 3 is 2.72 bits per heavy atom. The molecule has 0 unspecified atom stereocenters. The first-order valence-corrected chi connectivity index (χ1v) is 9.32. The summed E-state index contributed by atoms with van der Waals surface area (Å²) in [6.07, 6.45) is 2.66. The lowest BCUT2D eigenvalue weighted by molar-refractivity contribution is -0.0816. The fourth-order valence-corrected chi connectivity index (χ4v) is 4.31. The minimum atomic E-state index is 0.0742. The number of benzene rings is 1. The molecule has 134 valence electrons. The second-order valence-electron chi connectivity index (χ2n) is 7.44. The van der Waals surface area contributed by atoms with Crippen molar-refractivity contribution in [2.24, 2.45) is 5.92 Å². The highest BCUT2D eigenvalue weighted by Crippen LogP contribution is 2.38. The van der Waals surface area contributed by atoms with E-state index in [1.165, 1.54) is 12.8 Å². The van der Waals surface area contributed by atoms with Gasteiger partial charge in [0.1, 0.15) is 13.2 Å².